The van der Waals surface area contributed by atoms with Gasteiger partial charge in [0.15, 0.2) is 0 Å². The minimum absolute atomic E-state index is 0.291. The second kappa shape index (κ2) is 3.86. The summed E-state index contributed by atoms with van der Waals surface area (Å²) in [5, 5.41) is 13.3. The summed E-state index contributed by atoms with van der Waals surface area (Å²) in [6, 6.07) is 4.21. The average molecular weight is 205 g/mol. The first-order valence-electron chi connectivity index (χ1n) is 5.66. The summed E-state index contributed by atoms with van der Waals surface area (Å²) in [5.74, 6) is 0.538. The van der Waals surface area contributed by atoms with Crippen molar-refractivity contribution in [3.05, 3.63) is 28.8 Å². The fourth-order valence-electron chi connectivity index (χ4n) is 2.38. The molecule has 1 aromatic rings. The summed E-state index contributed by atoms with van der Waals surface area (Å²) in [5.41, 5.74) is 4.87. The maximum Gasteiger partial charge on any atom is 0.0826 e. The van der Waals surface area contributed by atoms with Gasteiger partial charge < -0.3 is 10.4 Å². The molecule has 1 aromatic carbocycles. The number of benzene rings is 1. The van der Waals surface area contributed by atoms with Crippen LogP contribution in [0, 0.1) is 6.92 Å². The number of hydrogen-bond donors (Lipinski definition) is 2. The van der Waals surface area contributed by atoms with Gasteiger partial charge in [-0.05, 0) is 30.4 Å². The van der Waals surface area contributed by atoms with Crippen molar-refractivity contribution in [1.82, 2.24) is 0 Å². The van der Waals surface area contributed by atoms with Crippen LogP contribution in [0.2, 0.25) is 0 Å². The highest BCUT2D eigenvalue weighted by Crippen LogP contribution is 2.35. The number of aliphatic hydroxyl groups is 1. The van der Waals surface area contributed by atoms with Crippen LogP contribution in [0.5, 0.6) is 0 Å². The van der Waals surface area contributed by atoms with Gasteiger partial charge >= 0.3 is 0 Å². The van der Waals surface area contributed by atoms with Crippen LogP contribution in [0.15, 0.2) is 12.1 Å². The van der Waals surface area contributed by atoms with Crippen LogP contribution in [0.25, 0.3) is 0 Å². The average Bonchev–Trinajstić information content (AvgIpc) is 2.19. The highest BCUT2D eigenvalue weighted by Gasteiger charge is 2.20. The Kier molecular flexibility index (Phi) is 2.70. The third-order valence-electron chi connectivity index (χ3n) is 3.24. The van der Waals surface area contributed by atoms with E-state index in [1.807, 2.05) is 0 Å². The molecular weight excluding hydrogens is 186 g/mol. The van der Waals surface area contributed by atoms with Gasteiger partial charge in [0.25, 0.3) is 0 Å². The number of fused-ring (bicyclic) bond motifs is 1. The van der Waals surface area contributed by atoms with E-state index in [0.717, 1.165) is 24.2 Å². The molecule has 1 unspecified atom stereocenters. The van der Waals surface area contributed by atoms with Gasteiger partial charge in [0.05, 0.1) is 6.10 Å². The van der Waals surface area contributed by atoms with Crippen molar-refractivity contribution in [2.24, 2.45) is 0 Å². The van der Waals surface area contributed by atoms with Gasteiger partial charge in [0.2, 0.25) is 0 Å². The number of aliphatic hydroxyl groups excluding tert-OH is 1. The lowest BCUT2D eigenvalue weighted by atomic mass is 9.90. The highest BCUT2D eigenvalue weighted by molar-refractivity contribution is 5.62. The molecule has 15 heavy (non-hydrogen) atoms. The van der Waals surface area contributed by atoms with E-state index in [4.69, 9.17) is 0 Å². The lowest BCUT2D eigenvalue weighted by Gasteiger charge is -2.26. The van der Waals surface area contributed by atoms with Gasteiger partial charge in [-0.25, -0.2) is 0 Å². The van der Waals surface area contributed by atoms with Crippen LogP contribution >= 0.6 is 0 Å². The van der Waals surface area contributed by atoms with E-state index in [9.17, 15) is 5.11 Å². The molecule has 82 valence electrons. The first-order valence-corrected chi connectivity index (χ1v) is 5.66. The summed E-state index contributed by atoms with van der Waals surface area (Å²) < 4.78 is 0. The minimum atomic E-state index is -0.291. The van der Waals surface area contributed by atoms with E-state index in [1.54, 1.807) is 0 Å². The summed E-state index contributed by atoms with van der Waals surface area (Å²) in [4.78, 5) is 0. The first kappa shape index (κ1) is 10.5. The van der Waals surface area contributed by atoms with Crippen LogP contribution in [-0.2, 0) is 0 Å². The molecular formula is C13H19NO. The van der Waals surface area contributed by atoms with E-state index < -0.39 is 0 Å². The standard InChI is InChI=1S/C13H19NO/c1-8(2)10-4-5-11-12(15)6-7-14-13(11)9(10)3/h4-5,8,12,14-15H,6-7H2,1-3H3. The van der Waals surface area contributed by atoms with Crippen LogP contribution in [-0.4, -0.2) is 11.7 Å². The van der Waals surface area contributed by atoms with Crippen molar-refractivity contribution < 1.29 is 5.11 Å². The molecule has 0 aliphatic carbocycles. The van der Waals surface area contributed by atoms with Gasteiger partial charge in [0.1, 0.15) is 0 Å². The van der Waals surface area contributed by atoms with E-state index >= 15 is 0 Å². The number of anilines is 1. The maximum absolute atomic E-state index is 9.88. The summed E-state index contributed by atoms with van der Waals surface area (Å²) in [7, 11) is 0. The fraction of sp³-hybridized carbons (Fsp3) is 0.538. The van der Waals surface area contributed by atoms with E-state index in [2.05, 4.69) is 38.2 Å². The zero-order valence-corrected chi connectivity index (χ0v) is 9.67. The Hall–Kier alpha value is -1.02. The van der Waals surface area contributed by atoms with E-state index in [-0.39, 0.29) is 6.10 Å². The molecule has 0 spiro atoms. The Morgan fingerprint density at radius 1 is 1.40 bits per heavy atom. The van der Waals surface area contributed by atoms with Crippen LogP contribution < -0.4 is 5.32 Å². The Bertz CT molecular complexity index is 371. The topological polar surface area (TPSA) is 32.3 Å². The Labute approximate surface area is 91.3 Å². The van der Waals surface area contributed by atoms with Crippen molar-refractivity contribution in [3.8, 4) is 0 Å². The Morgan fingerprint density at radius 2 is 2.13 bits per heavy atom. The monoisotopic (exact) mass is 205 g/mol. The molecule has 2 heteroatoms. The molecule has 0 radical (unpaired) electrons. The van der Waals surface area contributed by atoms with Crippen molar-refractivity contribution in [2.45, 2.75) is 39.2 Å². The Morgan fingerprint density at radius 3 is 2.80 bits per heavy atom. The minimum Gasteiger partial charge on any atom is -0.388 e. The maximum atomic E-state index is 9.88. The molecule has 0 amide bonds. The molecule has 1 aliphatic rings. The fourth-order valence-corrected chi connectivity index (χ4v) is 2.38. The van der Waals surface area contributed by atoms with Gasteiger partial charge in [0, 0.05) is 17.8 Å². The van der Waals surface area contributed by atoms with Gasteiger partial charge in [-0.15, -0.1) is 0 Å². The molecule has 0 bridgehead atoms. The van der Waals surface area contributed by atoms with Crippen molar-refractivity contribution >= 4 is 5.69 Å². The number of nitrogens with one attached hydrogen (secondary N) is 1. The summed E-state index contributed by atoms with van der Waals surface area (Å²) >= 11 is 0. The van der Waals surface area contributed by atoms with Gasteiger partial charge in [-0.3, -0.25) is 0 Å². The third kappa shape index (κ3) is 1.74. The second-order valence-corrected chi connectivity index (χ2v) is 4.63. The summed E-state index contributed by atoms with van der Waals surface area (Å²) in [6.07, 6.45) is 0.522. The van der Waals surface area contributed by atoms with E-state index in [0.29, 0.717) is 5.92 Å². The predicted octanol–water partition coefficient (Wildman–Crippen LogP) is 2.97. The highest BCUT2D eigenvalue weighted by atomic mass is 16.3. The Balaban J connectivity index is 2.52. The molecule has 1 heterocycles. The summed E-state index contributed by atoms with van der Waals surface area (Å²) in [6.45, 7) is 7.41. The number of hydrogen-bond acceptors (Lipinski definition) is 2. The molecule has 1 aliphatic heterocycles. The zero-order valence-electron chi connectivity index (χ0n) is 9.67. The molecule has 2 nitrogen and oxygen atoms in total. The van der Waals surface area contributed by atoms with Gasteiger partial charge in [-0.1, -0.05) is 26.0 Å². The quantitative estimate of drug-likeness (QED) is 0.738. The molecule has 0 aromatic heterocycles. The third-order valence-corrected chi connectivity index (χ3v) is 3.24. The zero-order chi connectivity index (χ0) is 11.0. The lowest BCUT2D eigenvalue weighted by molar-refractivity contribution is 0.168. The van der Waals surface area contributed by atoms with Crippen molar-refractivity contribution in [1.29, 1.82) is 0 Å². The first-order chi connectivity index (χ1) is 7.11. The SMILES string of the molecule is Cc1c(C(C)C)ccc2c1NCCC2O. The van der Waals surface area contributed by atoms with Crippen LogP contribution in [0.4, 0.5) is 5.69 Å². The predicted molar refractivity (Wildman–Crippen MR) is 63.3 cm³/mol. The van der Waals surface area contributed by atoms with Gasteiger partial charge in [-0.2, -0.15) is 0 Å². The second-order valence-electron chi connectivity index (χ2n) is 4.63. The molecule has 2 N–H and O–H groups in total. The number of rotatable bonds is 1. The lowest BCUT2D eigenvalue weighted by Crippen LogP contribution is -2.18. The normalized spacial score (nSPS) is 19.9. The van der Waals surface area contributed by atoms with E-state index in [1.165, 1.54) is 11.1 Å². The largest absolute Gasteiger partial charge is 0.388 e. The molecule has 0 saturated heterocycles. The molecule has 1 atom stereocenters. The molecule has 2 rings (SSSR count). The molecule has 0 fully saturated rings. The smallest absolute Gasteiger partial charge is 0.0826 e. The molecule has 0 saturated carbocycles. The van der Waals surface area contributed by atoms with Crippen molar-refractivity contribution in [3.63, 3.8) is 0 Å². The van der Waals surface area contributed by atoms with Crippen LogP contribution in [0.3, 0.4) is 0 Å². The van der Waals surface area contributed by atoms with Crippen molar-refractivity contribution in [2.75, 3.05) is 11.9 Å². The van der Waals surface area contributed by atoms with Crippen LogP contribution in [0.1, 0.15) is 49.0 Å².